The molecule has 0 atom stereocenters. The van der Waals surface area contributed by atoms with E-state index < -0.39 is 27.0 Å². The molecular weight excluding hydrogens is 355 g/mol. The van der Waals surface area contributed by atoms with E-state index in [-0.39, 0.29) is 9.26 Å². The zero-order valence-electron chi connectivity index (χ0n) is 7.49. The third-order valence-electron chi connectivity index (χ3n) is 1.59. The van der Waals surface area contributed by atoms with E-state index in [0.717, 1.165) is 0 Å². The fourth-order valence-corrected chi connectivity index (χ4v) is 2.05. The molecule has 9 heteroatoms. The van der Waals surface area contributed by atoms with Gasteiger partial charge in [-0.2, -0.15) is 5.26 Å². The van der Waals surface area contributed by atoms with Crippen LogP contribution in [0.4, 0.5) is 8.78 Å². The van der Waals surface area contributed by atoms with E-state index >= 15 is 0 Å². The molecule has 5 nitrogen and oxygen atoms in total. The van der Waals surface area contributed by atoms with Crippen molar-refractivity contribution in [2.24, 2.45) is 5.14 Å². The standard InChI is InChI=1S/C7H4F2IN3O2S/c8-7(9)3-1-5(16(12,14)15)13-4(2-11)6(3)10/h1,7H,(H2,12,14,15). The van der Waals surface area contributed by atoms with Crippen LogP contribution in [0.2, 0.25) is 0 Å². The average molecular weight is 359 g/mol. The number of aromatic nitrogens is 1. The largest absolute Gasteiger partial charge is 0.265 e. The minimum absolute atomic E-state index is 0.0810. The van der Waals surface area contributed by atoms with Crippen molar-refractivity contribution < 1.29 is 17.2 Å². The lowest BCUT2D eigenvalue weighted by molar-refractivity contribution is 0.150. The fourth-order valence-electron chi connectivity index (χ4n) is 0.903. The van der Waals surface area contributed by atoms with E-state index in [1.165, 1.54) is 28.7 Å². The van der Waals surface area contributed by atoms with Crippen molar-refractivity contribution in [3.05, 3.63) is 20.9 Å². The molecule has 1 aromatic heterocycles. The molecule has 0 saturated heterocycles. The molecule has 0 aliphatic rings. The van der Waals surface area contributed by atoms with Crippen molar-refractivity contribution in [2.75, 3.05) is 0 Å². The molecule has 0 radical (unpaired) electrons. The smallest absolute Gasteiger partial charge is 0.223 e. The van der Waals surface area contributed by atoms with Crippen molar-refractivity contribution >= 4 is 32.6 Å². The molecule has 0 aliphatic heterocycles. The summed E-state index contributed by atoms with van der Waals surface area (Å²) in [5.74, 6) is 0. The number of sulfonamides is 1. The van der Waals surface area contributed by atoms with Gasteiger partial charge < -0.3 is 0 Å². The lowest BCUT2D eigenvalue weighted by Crippen LogP contribution is -2.16. The van der Waals surface area contributed by atoms with Crippen molar-refractivity contribution in [3.63, 3.8) is 0 Å². The first-order valence-corrected chi connectivity index (χ1v) is 6.31. The number of halogens is 3. The molecule has 0 aliphatic carbocycles. The number of nitrogens with zero attached hydrogens (tertiary/aromatic N) is 2. The van der Waals surface area contributed by atoms with Crippen LogP contribution in [0.3, 0.4) is 0 Å². The number of alkyl halides is 2. The van der Waals surface area contributed by atoms with Gasteiger partial charge >= 0.3 is 0 Å². The summed E-state index contributed by atoms with van der Waals surface area (Å²) in [6, 6.07) is 2.20. The highest BCUT2D eigenvalue weighted by atomic mass is 127. The number of primary sulfonamides is 1. The van der Waals surface area contributed by atoms with E-state index in [9.17, 15) is 17.2 Å². The van der Waals surface area contributed by atoms with Crippen LogP contribution in [0.15, 0.2) is 11.1 Å². The molecule has 0 bridgehead atoms. The van der Waals surface area contributed by atoms with Crippen molar-refractivity contribution in [1.82, 2.24) is 4.98 Å². The third kappa shape index (κ3) is 2.63. The van der Waals surface area contributed by atoms with E-state index in [0.29, 0.717) is 6.07 Å². The van der Waals surface area contributed by atoms with Gasteiger partial charge in [0.1, 0.15) is 6.07 Å². The molecule has 0 unspecified atom stereocenters. The van der Waals surface area contributed by atoms with E-state index in [1.807, 2.05) is 0 Å². The Kier molecular flexibility index (Phi) is 3.76. The highest BCUT2D eigenvalue weighted by molar-refractivity contribution is 14.1. The highest BCUT2D eigenvalue weighted by Gasteiger charge is 2.21. The predicted octanol–water partition coefficient (Wildman–Crippen LogP) is 1.14. The molecule has 0 amide bonds. The maximum Gasteiger partial charge on any atom is 0.265 e. The van der Waals surface area contributed by atoms with Crippen LogP contribution in [0, 0.1) is 14.9 Å². The molecule has 0 saturated carbocycles. The molecule has 1 aromatic rings. The maximum absolute atomic E-state index is 12.5. The van der Waals surface area contributed by atoms with Gasteiger partial charge in [0.15, 0.2) is 10.7 Å². The molecule has 1 heterocycles. The highest BCUT2D eigenvalue weighted by Crippen LogP contribution is 2.27. The molecule has 86 valence electrons. The lowest BCUT2D eigenvalue weighted by atomic mass is 10.2. The monoisotopic (exact) mass is 359 g/mol. The lowest BCUT2D eigenvalue weighted by Gasteiger charge is -2.06. The van der Waals surface area contributed by atoms with Gasteiger partial charge in [0.2, 0.25) is 0 Å². The first kappa shape index (κ1) is 13.2. The SMILES string of the molecule is N#Cc1nc(S(N)(=O)=O)cc(C(F)F)c1I. The summed E-state index contributed by atoms with van der Waals surface area (Å²) in [6.45, 7) is 0. The summed E-state index contributed by atoms with van der Waals surface area (Å²) in [7, 11) is -4.21. The van der Waals surface area contributed by atoms with Gasteiger partial charge in [0.25, 0.3) is 16.4 Å². The Morgan fingerprint density at radius 3 is 2.50 bits per heavy atom. The Morgan fingerprint density at radius 2 is 2.12 bits per heavy atom. The van der Waals surface area contributed by atoms with Crippen LogP contribution in [0.25, 0.3) is 0 Å². The van der Waals surface area contributed by atoms with E-state index in [2.05, 4.69) is 4.98 Å². The Balaban J connectivity index is 3.61. The van der Waals surface area contributed by atoms with Crippen molar-refractivity contribution in [2.45, 2.75) is 11.5 Å². The molecule has 0 aromatic carbocycles. The van der Waals surface area contributed by atoms with Gasteiger partial charge in [0, 0.05) is 5.56 Å². The summed E-state index contributed by atoms with van der Waals surface area (Å²) in [5, 5.41) is 12.6. The number of rotatable bonds is 2. The number of hydrogen-bond donors (Lipinski definition) is 1. The Hall–Kier alpha value is -0.860. The molecular formula is C7H4F2IN3O2S. The van der Waals surface area contributed by atoms with Gasteiger partial charge in [-0.25, -0.2) is 27.3 Å². The van der Waals surface area contributed by atoms with Crippen LogP contribution in [-0.2, 0) is 10.0 Å². The second-order valence-electron chi connectivity index (χ2n) is 2.67. The van der Waals surface area contributed by atoms with Gasteiger partial charge in [-0.15, -0.1) is 0 Å². The van der Waals surface area contributed by atoms with Gasteiger partial charge in [-0.3, -0.25) is 0 Å². The summed E-state index contributed by atoms with van der Waals surface area (Å²) in [6.07, 6.45) is -2.90. The van der Waals surface area contributed by atoms with Crippen LogP contribution in [0.1, 0.15) is 17.7 Å². The maximum atomic E-state index is 12.5. The molecule has 0 fully saturated rings. The minimum Gasteiger partial charge on any atom is -0.223 e. The quantitative estimate of drug-likeness (QED) is 0.801. The van der Waals surface area contributed by atoms with E-state index in [1.54, 1.807) is 0 Å². The average Bonchev–Trinajstić information content (AvgIpc) is 2.15. The summed E-state index contributed by atoms with van der Waals surface area (Å²) in [5.41, 5.74) is -0.960. The number of nitrogens with two attached hydrogens (primary N) is 1. The third-order valence-corrected chi connectivity index (χ3v) is 3.52. The van der Waals surface area contributed by atoms with Crippen LogP contribution in [0.5, 0.6) is 0 Å². The predicted molar refractivity (Wildman–Crippen MR) is 58.0 cm³/mol. The molecule has 16 heavy (non-hydrogen) atoms. The Labute approximate surface area is 103 Å². The molecule has 1 rings (SSSR count). The summed E-state index contributed by atoms with van der Waals surface area (Å²) < 4.78 is 46.9. The Bertz CT molecular complexity index is 568. The first-order chi connectivity index (χ1) is 7.27. The van der Waals surface area contributed by atoms with Crippen LogP contribution < -0.4 is 5.14 Å². The first-order valence-electron chi connectivity index (χ1n) is 3.69. The summed E-state index contributed by atoms with van der Waals surface area (Å²) >= 11 is 1.50. The van der Waals surface area contributed by atoms with Crippen LogP contribution >= 0.6 is 22.6 Å². The normalized spacial score (nSPS) is 11.5. The fraction of sp³-hybridized carbons (Fsp3) is 0.143. The van der Waals surface area contributed by atoms with Gasteiger partial charge in [0.05, 0.1) is 3.57 Å². The zero-order chi connectivity index (χ0) is 12.5. The van der Waals surface area contributed by atoms with Crippen molar-refractivity contribution in [1.29, 1.82) is 5.26 Å². The van der Waals surface area contributed by atoms with E-state index in [4.69, 9.17) is 10.4 Å². The zero-order valence-corrected chi connectivity index (χ0v) is 10.5. The second-order valence-corrected chi connectivity index (χ2v) is 5.26. The minimum atomic E-state index is -4.21. The van der Waals surface area contributed by atoms with Gasteiger partial charge in [-0.05, 0) is 28.7 Å². The number of hydrogen-bond acceptors (Lipinski definition) is 4. The summed E-state index contributed by atoms with van der Waals surface area (Å²) in [4.78, 5) is 3.39. The van der Waals surface area contributed by atoms with Crippen LogP contribution in [-0.4, -0.2) is 13.4 Å². The molecule has 0 spiro atoms. The number of nitriles is 1. The van der Waals surface area contributed by atoms with Crippen molar-refractivity contribution in [3.8, 4) is 6.07 Å². The molecule has 2 N–H and O–H groups in total. The Morgan fingerprint density at radius 1 is 1.56 bits per heavy atom. The van der Waals surface area contributed by atoms with Gasteiger partial charge in [-0.1, -0.05) is 0 Å². The topological polar surface area (TPSA) is 96.8 Å². The second kappa shape index (κ2) is 4.56. The number of pyridine rings is 1.